The van der Waals surface area contributed by atoms with E-state index in [2.05, 4.69) is 10.2 Å². The molecule has 0 saturated carbocycles. The van der Waals surface area contributed by atoms with E-state index in [4.69, 9.17) is 5.73 Å². The molecule has 0 fully saturated rings. The zero-order valence-electron chi connectivity index (χ0n) is 10.7. The van der Waals surface area contributed by atoms with Crippen molar-refractivity contribution >= 4 is 23.2 Å². The molecule has 1 aromatic heterocycles. The van der Waals surface area contributed by atoms with Gasteiger partial charge in [0.05, 0.1) is 11.1 Å². The summed E-state index contributed by atoms with van der Waals surface area (Å²) in [5.41, 5.74) is 8.24. The number of benzene rings is 2. The molecule has 102 valence electrons. The zero-order valence-corrected chi connectivity index (χ0v) is 11.5. The largest absolute Gasteiger partial charge is 0.326 e. The van der Waals surface area contributed by atoms with Crippen LogP contribution in [0.1, 0.15) is 5.56 Å². The molecule has 4 nitrogen and oxygen atoms in total. The van der Waals surface area contributed by atoms with Crippen LogP contribution in [-0.2, 0) is 6.54 Å². The Balaban J connectivity index is 0.00000147. The molecule has 3 N–H and O–H groups in total. The van der Waals surface area contributed by atoms with Crippen LogP contribution in [0.2, 0.25) is 0 Å². The van der Waals surface area contributed by atoms with E-state index in [0.29, 0.717) is 11.9 Å². The van der Waals surface area contributed by atoms with Crippen LogP contribution in [0.3, 0.4) is 0 Å². The third-order valence-corrected chi connectivity index (χ3v) is 3.13. The first kappa shape index (κ1) is 14.2. The van der Waals surface area contributed by atoms with E-state index in [1.807, 2.05) is 42.5 Å². The number of H-pyrrole nitrogens is 1. The lowest BCUT2D eigenvalue weighted by atomic mass is 10.0. The van der Waals surface area contributed by atoms with Crippen molar-refractivity contribution in [2.45, 2.75) is 6.54 Å². The predicted octanol–water partition coefficient (Wildman–Crippen LogP) is 2.47. The molecule has 0 spiro atoms. The summed E-state index contributed by atoms with van der Waals surface area (Å²) in [6, 6.07) is 15.3. The summed E-state index contributed by atoms with van der Waals surface area (Å²) >= 11 is 0. The summed E-state index contributed by atoms with van der Waals surface area (Å²) in [4.78, 5) is 11.7. The maximum atomic E-state index is 11.7. The van der Waals surface area contributed by atoms with E-state index in [1.54, 1.807) is 6.07 Å². The molecule has 0 amide bonds. The van der Waals surface area contributed by atoms with Crippen LogP contribution < -0.4 is 11.3 Å². The minimum Gasteiger partial charge on any atom is -0.326 e. The van der Waals surface area contributed by atoms with E-state index in [1.165, 1.54) is 0 Å². The molecule has 3 aromatic rings. The normalized spacial score (nSPS) is 10.2. The van der Waals surface area contributed by atoms with Crippen molar-refractivity contribution in [2.75, 3.05) is 0 Å². The first-order valence-electron chi connectivity index (χ1n) is 6.06. The average Bonchev–Trinajstić information content (AvgIpc) is 2.48. The first-order valence-corrected chi connectivity index (χ1v) is 6.06. The molecular formula is C15H14ClN3O. The minimum absolute atomic E-state index is 0. The molecule has 3 rings (SSSR count). The van der Waals surface area contributed by atoms with Gasteiger partial charge in [-0.2, -0.15) is 5.10 Å². The maximum absolute atomic E-state index is 11.7. The van der Waals surface area contributed by atoms with Crippen LogP contribution in [-0.4, -0.2) is 10.2 Å². The molecule has 0 bridgehead atoms. The number of rotatable bonds is 2. The fourth-order valence-electron chi connectivity index (χ4n) is 2.18. The lowest BCUT2D eigenvalue weighted by Crippen LogP contribution is -2.09. The molecular weight excluding hydrogens is 274 g/mol. The molecule has 0 radical (unpaired) electrons. The van der Waals surface area contributed by atoms with Crippen LogP contribution in [0.25, 0.3) is 22.0 Å². The van der Waals surface area contributed by atoms with Crippen molar-refractivity contribution in [3.8, 4) is 11.3 Å². The summed E-state index contributed by atoms with van der Waals surface area (Å²) < 4.78 is 0. The second-order valence-corrected chi connectivity index (χ2v) is 4.35. The number of nitrogens with zero attached hydrogens (tertiary/aromatic N) is 1. The Morgan fingerprint density at radius 2 is 1.80 bits per heavy atom. The van der Waals surface area contributed by atoms with Gasteiger partial charge in [-0.15, -0.1) is 12.4 Å². The number of aromatic nitrogens is 2. The molecule has 0 aliphatic heterocycles. The smallest absolute Gasteiger partial charge is 0.272 e. The van der Waals surface area contributed by atoms with Crippen molar-refractivity contribution in [2.24, 2.45) is 5.73 Å². The number of hydrogen-bond donors (Lipinski definition) is 2. The predicted molar refractivity (Wildman–Crippen MR) is 82.9 cm³/mol. The Hall–Kier alpha value is -2.17. The third kappa shape index (κ3) is 2.43. The zero-order chi connectivity index (χ0) is 13.2. The highest BCUT2D eigenvalue weighted by Gasteiger charge is 2.08. The van der Waals surface area contributed by atoms with Crippen LogP contribution in [0.5, 0.6) is 0 Å². The third-order valence-electron chi connectivity index (χ3n) is 3.13. The topological polar surface area (TPSA) is 71.8 Å². The van der Waals surface area contributed by atoms with Gasteiger partial charge in [0, 0.05) is 17.5 Å². The summed E-state index contributed by atoms with van der Waals surface area (Å²) in [5.74, 6) is 0. The van der Waals surface area contributed by atoms with Gasteiger partial charge in [0.1, 0.15) is 0 Å². The SMILES string of the molecule is Cl.NCc1cccc(-c2n[nH]c(=O)c3ccccc23)c1. The second kappa shape index (κ2) is 5.86. The number of nitrogens with one attached hydrogen (secondary N) is 1. The quantitative estimate of drug-likeness (QED) is 0.760. The maximum Gasteiger partial charge on any atom is 0.272 e. The number of halogens is 1. The Kier molecular flexibility index (Phi) is 4.17. The van der Waals surface area contributed by atoms with Crippen molar-refractivity contribution in [3.05, 3.63) is 64.4 Å². The Morgan fingerprint density at radius 1 is 1.05 bits per heavy atom. The average molecular weight is 288 g/mol. The lowest BCUT2D eigenvalue weighted by molar-refractivity contribution is 1.01. The van der Waals surface area contributed by atoms with Crippen LogP contribution >= 0.6 is 12.4 Å². The molecule has 20 heavy (non-hydrogen) atoms. The van der Waals surface area contributed by atoms with Crippen molar-refractivity contribution < 1.29 is 0 Å². The highest BCUT2D eigenvalue weighted by Crippen LogP contribution is 2.24. The van der Waals surface area contributed by atoms with Crippen molar-refractivity contribution in [3.63, 3.8) is 0 Å². The van der Waals surface area contributed by atoms with Crippen LogP contribution in [0.15, 0.2) is 53.3 Å². The Morgan fingerprint density at radius 3 is 2.55 bits per heavy atom. The summed E-state index contributed by atoms with van der Waals surface area (Å²) in [6.07, 6.45) is 0. The molecule has 0 aliphatic carbocycles. The van der Waals surface area contributed by atoms with Gasteiger partial charge in [0.2, 0.25) is 0 Å². The summed E-state index contributed by atoms with van der Waals surface area (Å²) in [6.45, 7) is 0.481. The van der Waals surface area contributed by atoms with Gasteiger partial charge in [-0.3, -0.25) is 4.79 Å². The Labute approximate surface area is 122 Å². The summed E-state index contributed by atoms with van der Waals surface area (Å²) in [5, 5.41) is 8.21. The Bertz CT molecular complexity index is 798. The van der Waals surface area contributed by atoms with Crippen LogP contribution in [0.4, 0.5) is 0 Å². The van der Waals surface area contributed by atoms with E-state index in [-0.39, 0.29) is 18.0 Å². The molecule has 2 aromatic carbocycles. The monoisotopic (exact) mass is 287 g/mol. The highest BCUT2D eigenvalue weighted by atomic mass is 35.5. The lowest BCUT2D eigenvalue weighted by Gasteiger charge is -2.06. The number of hydrogen-bond acceptors (Lipinski definition) is 3. The van der Waals surface area contributed by atoms with Gasteiger partial charge < -0.3 is 5.73 Å². The summed E-state index contributed by atoms with van der Waals surface area (Å²) in [7, 11) is 0. The fraction of sp³-hybridized carbons (Fsp3) is 0.0667. The van der Waals surface area contributed by atoms with Crippen LogP contribution in [0, 0.1) is 0 Å². The van der Waals surface area contributed by atoms with Gasteiger partial charge in [-0.25, -0.2) is 5.10 Å². The highest BCUT2D eigenvalue weighted by molar-refractivity contribution is 5.93. The standard InChI is InChI=1S/C15H13N3O.ClH/c16-9-10-4-3-5-11(8-10)14-12-6-1-2-7-13(12)15(19)18-17-14;/h1-8H,9,16H2,(H,18,19);1H. The molecule has 0 atom stereocenters. The van der Waals surface area contributed by atoms with Gasteiger partial charge in [0.25, 0.3) is 5.56 Å². The van der Waals surface area contributed by atoms with Gasteiger partial charge in [-0.05, 0) is 17.7 Å². The number of fused-ring (bicyclic) bond motifs is 1. The second-order valence-electron chi connectivity index (χ2n) is 4.35. The first-order chi connectivity index (χ1) is 9.29. The number of aromatic amines is 1. The van der Waals surface area contributed by atoms with Gasteiger partial charge in [0.15, 0.2) is 0 Å². The number of nitrogens with two attached hydrogens (primary N) is 1. The van der Waals surface area contributed by atoms with Gasteiger partial charge in [-0.1, -0.05) is 36.4 Å². The fourth-order valence-corrected chi connectivity index (χ4v) is 2.18. The molecule has 1 heterocycles. The van der Waals surface area contributed by atoms with E-state index < -0.39 is 0 Å². The molecule has 5 heteroatoms. The molecule has 0 unspecified atom stereocenters. The molecule has 0 saturated heterocycles. The van der Waals surface area contributed by atoms with E-state index in [9.17, 15) is 4.79 Å². The van der Waals surface area contributed by atoms with Gasteiger partial charge >= 0.3 is 0 Å². The molecule has 0 aliphatic rings. The van der Waals surface area contributed by atoms with E-state index in [0.717, 1.165) is 22.2 Å². The van der Waals surface area contributed by atoms with E-state index >= 15 is 0 Å². The minimum atomic E-state index is -0.172. The van der Waals surface area contributed by atoms with Crippen molar-refractivity contribution in [1.82, 2.24) is 10.2 Å². The van der Waals surface area contributed by atoms with Crippen molar-refractivity contribution in [1.29, 1.82) is 0 Å².